The zero-order valence-corrected chi connectivity index (χ0v) is 37.9. The van der Waals surface area contributed by atoms with E-state index in [1.165, 1.54) is 38.5 Å². The molecular formula is C53H74N2O7. The zero-order chi connectivity index (χ0) is 43.7. The largest absolute Gasteiger partial charge is 0.459 e. The number of rotatable bonds is 27. The van der Waals surface area contributed by atoms with Gasteiger partial charge in [0, 0.05) is 44.1 Å². The highest BCUT2D eigenvalue weighted by Crippen LogP contribution is 2.62. The van der Waals surface area contributed by atoms with Crippen molar-refractivity contribution in [1.82, 2.24) is 4.90 Å². The summed E-state index contributed by atoms with van der Waals surface area (Å²) in [6, 6.07) is 20.1. The molecular weight excluding hydrogens is 777 g/mol. The van der Waals surface area contributed by atoms with Gasteiger partial charge in [-0.1, -0.05) is 126 Å². The van der Waals surface area contributed by atoms with Gasteiger partial charge in [-0.25, -0.2) is 0 Å². The van der Waals surface area contributed by atoms with Crippen molar-refractivity contribution in [3.05, 3.63) is 90.5 Å². The Kier molecular flexibility index (Phi) is 18.3. The number of fused-ring (bicyclic) bond motifs is 3. The van der Waals surface area contributed by atoms with Gasteiger partial charge in [0.15, 0.2) is 0 Å². The summed E-state index contributed by atoms with van der Waals surface area (Å²) < 4.78 is 21.2. The van der Waals surface area contributed by atoms with Crippen molar-refractivity contribution in [3.8, 4) is 17.2 Å². The number of unbranched alkanes of at least 4 members (excludes halogenated alkanes) is 10. The van der Waals surface area contributed by atoms with Gasteiger partial charge in [0.05, 0.1) is 18.2 Å². The molecule has 0 bridgehead atoms. The maximum atomic E-state index is 14.7. The third-order valence-electron chi connectivity index (χ3n) is 13.5. The molecule has 6 rings (SSSR count). The molecule has 2 aliphatic carbocycles. The van der Waals surface area contributed by atoms with Gasteiger partial charge in [-0.3, -0.25) is 4.79 Å². The number of carbonyl (C=O) groups excluding carboxylic acids is 1. The molecule has 3 aromatic carbocycles. The summed E-state index contributed by atoms with van der Waals surface area (Å²) in [5, 5.41) is 26.9. The number of hydrogen-bond acceptors (Lipinski definition) is 8. The molecule has 0 unspecified atom stereocenters. The average Bonchev–Trinajstić information content (AvgIpc) is 3.28. The molecule has 0 saturated heterocycles. The van der Waals surface area contributed by atoms with E-state index in [1.807, 2.05) is 35.2 Å². The van der Waals surface area contributed by atoms with E-state index < -0.39 is 11.8 Å². The zero-order valence-electron chi connectivity index (χ0n) is 37.9. The van der Waals surface area contributed by atoms with Gasteiger partial charge in [-0.2, -0.15) is 0 Å². The van der Waals surface area contributed by atoms with E-state index in [1.54, 1.807) is 13.2 Å². The van der Waals surface area contributed by atoms with Gasteiger partial charge in [0.1, 0.15) is 30.4 Å². The van der Waals surface area contributed by atoms with Crippen LogP contribution in [0.1, 0.15) is 141 Å². The highest BCUT2D eigenvalue weighted by molar-refractivity contribution is 6.03. The quantitative estimate of drug-likeness (QED) is 0.0446. The summed E-state index contributed by atoms with van der Waals surface area (Å²) in [5.41, 5.74) is 2.90. The Balaban J connectivity index is 1.43. The van der Waals surface area contributed by atoms with E-state index >= 15 is 0 Å². The molecule has 1 heterocycles. The van der Waals surface area contributed by atoms with E-state index in [-0.39, 0.29) is 49.4 Å². The minimum atomic E-state index is -1.25. The van der Waals surface area contributed by atoms with E-state index in [4.69, 9.17) is 24.2 Å². The molecule has 9 nitrogen and oxygen atoms in total. The van der Waals surface area contributed by atoms with Crippen LogP contribution in [0.5, 0.6) is 17.2 Å². The standard InChI is InChI=1S/C53H74N2O7/c1-5-8-9-10-11-12-13-14-15-26-50(58)55(31-6-2)49-38-47(54-59-4)45-36-41(24-18-20-32-56)44(25-19-21-33-57)51-46-37-43(61-42-28-27-39-22-16-17-23-40(39)35-42)29-30-48(46)62-53(49,52(45)51)60-34-7-3/h7,16-17,22-23,27-30,35-37,41,44,49,51-52,56-57H,3,5-6,8-15,18-21,24-26,31-34,38H2,1-2,4H3/t41-,44+,49-,51+,52+,53+/m0/s1. The summed E-state index contributed by atoms with van der Waals surface area (Å²) in [6.07, 6.45) is 21.5. The number of aliphatic hydroxyl groups excluding tert-OH is 2. The van der Waals surface area contributed by atoms with Gasteiger partial charge < -0.3 is 34.2 Å². The summed E-state index contributed by atoms with van der Waals surface area (Å²) in [6.45, 7) is 9.54. The first-order chi connectivity index (χ1) is 30.4. The van der Waals surface area contributed by atoms with Crippen molar-refractivity contribution in [2.45, 2.75) is 147 Å². The van der Waals surface area contributed by atoms with E-state index in [9.17, 15) is 15.0 Å². The first-order valence-corrected chi connectivity index (χ1v) is 24.0. The Morgan fingerprint density at radius 2 is 1.55 bits per heavy atom. The Morgan fingerprint density at radius 3 is 2.26 bits per heavy atom. The number of benzene rings is 3. The lowest BCUT2D eigenvalue weighted by Gasteiger charge is -2.60. The minimum Gasteiger partial charge on any atom is -0.459 e. The van der Waals surface area contributed by atoms with Crippen LogP contribution in [0.25, 0.3) is 10.8 Å². The van der Waals surface area contributed by atoms with Gasteiger partial charge in [0.25, 0.3) is 0 Å². The van der Waals surface area contributed by atoms with Crippen LogP contribution >= 0.6 is 0 Å². The predicted octanol–water partition coefficient (Wildman–Crippen LogP) is 12.1. The van der Waals surface area contributed by atoms with Gasteiger partial charge in [0.2, 0.25) is 11.7 Å². The normalized spacial score (nSPS) is 23.3. The van der Waals surface area contributed by atoms with Crippen molar-refractivity contribution in [1.29, 1.82) is 0 Å². The summed E-state index contributed by atoms with van der Waals surface area (Å²) in [7, 11) is 1.59. The molecule has 3 aromatic rings. The van der Waals surface area contributed by atoms with E-state index in [2.05, 4.69) is 56.8 Å². The molecule has 1 fully saturated rings. The van der Waals surface area contributed by atoms with Crippen LogP contribution in [0.4, 0.5) is 0 Å². The van der Waals surface area contributed by atoms with E-state index in [0.29, 0.717) is 31.6 Å². The molecule has 62 heavy (non-hydrogen) atoms. The van der Waals surface area contributed by atoms with Crippen molar-refractivity contribution in [2.75, 3.05) is 33.5 Å². The minimum absolute atomic E-state index is 0.109. The third-order valence-corrected chi connectivity index (χ3v) is 13.5. The van der Waals surface area contributed by atoms with Crippen LogP contribution in [-0.2, 0) is 14.4 Å². The first kappa shape index (κ1) is 47.3. The number of oxime groups is 1. The second-order valence-electron chi connectivity index (χ2n) is 17.7. The Morgan fingerprint density at radius 1 is 0.855 bits per heavy atom. The van der Waals surface area contributed by atoms with Crippen molar-refractivity contribution >= 4 is 22.4 Å². The predicted molar refractivity (Wildman–Crippen MR) is 250 cm³/mol. The number of ether oxygens (including phenoxy) is 3. The summed E-state index contributed by atoms with van der Waals surface area (Å²) in [5.74, 6) is 0.904. The molecule has 0 radical (unpaired) electrons. The molecule has 3 aliphatic rings. The van der Waals surface area contributed by atoms with Gasteiger partial charge in [-0.05, 0) is 97.0 Å². The molecule has 0 spiro atoms. The Hall–Kier alpha value is -4.18. The number of carbonyl (C=O) groups is 1. The smallest absolute Gasteiger partial charge is 0.239 e. The molecule has 9 heteroatoms. The fourth-order valence-corrected chi connectivity index (χ4v) is 10.6. The number of amides is 1. The highest BCUT2D eigenvalue weighted by atomic mass is 16.7. The van der Waals surface area contributed by atoms with Crippen molar-refractivity contribution in [2.24, 2.45) is 22.9 Å². The molecule has 0 aromatic heterocycles. The molecule has 6 atom stereocenters. The lowest BCUT2D eigenvalue weighted by atomic mass is 9.55. The third kappa shape index (κ3) is 11.3. The molecule has 1 aliphatic heterocycles. The number of allylic oxidation sites excluding steroid dienone is 1. The van der Waals surface area contributed by atoms with Crippen LogP contribution in [0.15, 0.2) is 90.1 Å². The monoisotopic (exact) mass is 851 g/mol. The lowest BCUT2D eigenvalue weighted by Crippen LogP contribution is -2.70. The van der Waals surface area contributed by atoms with Crippen LogP contribution in [0.3, 0.4) is 0 Å². The number of hydrogen-bond donors (Lipinski definition) is 2. The molecule has 338 valence electrons. The van der Waals surface area contributed by atoms with Crippen LogP contribution in [-0.4, -0.2) is 72.0 Å². The topological polar surface area (TPSA) is 110 Å². The lowest BCUT2D eigenvalue weighted by molar-refractivity contribution is -0.257. The maximum absolute atomic E-state index is 14.7. The van der Waals surface area contributed by atoms with Crippen LogP contribution in [0, 0.1) is 17.8 Å². The summed E-state index contributed by atoms with van der Waals surface area (Å²) in [4.78, 5) is 22.4. The van der Waals surface area contributed by atoms with Crippen molar-refractivity contribution in [3.63, 3.8) is 0 Å². The second kappa shape index (κ2) is 24.0. The van der Waals surface area contributed by atoms with E-state index in [0.717, 1.165) is 96.9 Å². The Bertz CT molecular complexity index is 1940. The van der Waals surface area contributed by atoms with Crippen LogP contribution in [0.2, 0.25) is 0 Å². The molecule has 2 N–H and O–H groups in total. The molecule has 1 amide bonds. The fraction of sp³-hybridized carbons (Fsp3) is 0.585. The second-order valence-corrected chi connectivity index (χ2v) is 17.7. The number of aliphatic hydroxyl groups is 2. The SMILES string of the molecule is C=CCO[C@@]12Oc3ccc(Oc4ccc5ccccc5c4)cc3[C@H]3[C@H](CCCCO)[C@@H](CCCCO)C=C(C(=NOC)C[C@@H]1N(CCC)C(=O)CCCCCCCCCCC)[C@H]32. The number of nitrogens with zero attached hydrogens (tertiary/aromatic N) is 2. The average molecular weight is 851 g/mol. The Labute approximate surface area is 371 Å². The summed E-state index contributed by atoms with van der Waals surface area (Å²) >= 11 is 0. The maximum Gasteiger partial charge on any atom is 0.239 e. The first-order valence-electron chi connectivity index (χ1n) is 24.0. The molecule has 1 saturated carbocycles. The van der Waals surface area contributed by atoms with Gasteiger partial charge in [-0.15, -0.1) is 6.58 Å². The highest BCUT2D eigenvalue weighted by Gasteiger charge is 2.65. The fourth-order valence-electron chi connectivity index (χ4n) is 10.6. The van der Waals surface area contributed by atoms with Crippen molar-refractivity contribution < 1.29 is 34.1 Å². The van der Waals surface area contributed by atoms with Crippen LogP contribution < -0.4 is 9.47 Å². The van der Waals surface area contributed by atoms with Gasteiger partial charge >= 0.3 is 0 Å².